The van der Waals surface area contributed by atoms with Gasteiger partial charge in [-0.1, -0.05) is 42.5 Å². The van der Waals surface area contributed by atoms with Gasteiger partial charge < -0.3 is 20.9 Å². The van der Waals surface area contributed by atoms with Crippen molar-refractivity contribution >= 4 is 17.2 Å². The highest BCUT2D eigenvalue weighted by Gasteiger charge is 2.30. The summed E-state index contributed by atoms with van der Waals surface area (Å²) in [7, 11) is 0. The van der Waals surface area contributed by atoms with Gasteiger partial charge in [-0.05, 0) is 50.3 Å². The van der Waals surface area contributed by atoms with Gasteiger partial charge in [0.2, 0.25) is 5.91 Å². The molecule has 1 fully saturated rings. The summed E-state index contributed by atoms with van der Waals surface area (Å²) in [5.41, 5.74) is 9.94. The van der Waals surface area contributed by atoms with E-state index in [0.29, 0.717) is 12.4 Å². The number of carbonyl (C=O) groups is 1. The molecule has 0 aliphatic heterocycles. The number of aromatic nitrogens is 3. The zero-order valence-electron chi connectivity index (χ0n) is 21.0. The lowest BCUT2D eigenvalue weighted by Crippen LogP contribution is -2.36. The van der Waals surface area contributed by atoms with Gasteiger partial charge in [-0.15, -0.1) is 0 Å². The average molecular weight is 500 g/mol. The van der Waals surface area contributed by atoms with E-state index in [1.54, 1.807) is 13.1 Å². The summed E-state index contributed by atoms with van der Waals surface area (Å²) in [6, 6.07) is 18.0. The van der Waals surface area contributed by atoms with Crippen molar-refractivity contribution in [2.24, 2.45) is 5.92 Å². The molecule has 2 aromatic carbocycles. The summed E-state index contributed by atoms with van der Waals surface area (Å²) in [4.78, 5) is 21.9. The highest BCUT2D eigenvalue weighted by Crippen LogP contribution is 2.39. The number of hydrogen-bond donors (Lipinski definition) is 3. The molecule has 8 heteroatoms. The van der Waals surface area contributed by atoms with Crippen LogP contribution in [0.3, 0.4) is 0 Å². The van der Waals surface area contributed by atoms with Gasteiger partial charge in [-0.25, -0.2) is 9.97 Å². The number of aliphatic hydroxyl groups is 1. The predicted octanol–water partition coefficient (Wildman–Crippen LogP) is 4.33. The maximum absolute atomic E-state index is 12.5. The number of nitrogens with zero attached hydrogens (tertiary/aromatic N) is 3. The Morgan fingerprint density at radius 1 is 1.16 bits per heavy atom. The minimum atomic E-state index is -0.545. The molecule has 192 valence electrons. The Kier molecular flexibility index (Phi) is 7.37. The SMILES string of the molecule is CC(O)CNC(=O)C1CCC(c2nc(-c3cccc(OCc4ccccc4)c3)c3c(N)nccn23)CC1. The van der Waals surface area contributed by atoms with Gasteiger partial charge in [0, 0.05) is 36.3 Å². The van der Waals surface area contributed by atoms with E-state index < -0.39 is 6.10 Å². The predicted molar refractivity (Wildman–Crippen MR) is 143 cm³/mol. The molecule has 0 spiro atoms. The fourth-order valence-electron chi connectivity index (χ4n) is 5.06. The lowest BCUT2D eigenvalue weighted by molar-refractivity contribution is -0.126. The second kappa shape index (κ2) is 11.0. The fraction of sp³-hybridized carbons (Fsp3) is 0.345. The summed E-state index contributed by atoms with van der Waals surface area (Å²) in [6.07, 6.45) is 6.34. The molecule has 1 atom stereocenters. The number of anilines is 1. The molecule has 0 radical (unpaired) electrons. The number of nitrogens with one attached hydrogen (secondary N) is 1. The van der Waals surface area contributed by atoms with Gasteiger partial charge in [0.15, 0.2) is 0 Å². The molecule has 1 saturated carbocycles. The highest BCUT2D eigenvalue weighted by molar-refractivity contribution is 5.85. The summed E-state index contributed by atoms with van der Waals surface area (Å²) in [6.45, 7) is 2.44. The Labute approximate surface area is 216 Å². The average Bonchev–Trinajstić information content (AvgIpc) is 3.32. The van der Waals surface area contributed by atoms with E-state index >= 15 is 0 Å². The third-order valence-electron chi connectivity index (χ3n) is 7.00. The van der Waals surface area contributed by atoms with Crippen LogP contribution in [0.2, 0.25) is 0 Å². The molecule has 1 aliphatic carbocycles. The number of rotatable bonds is 8. The Bertz CT molecular complexity index is 1360. The molecule has 2 aromatic heterocycles. The second-order valence-corrected chi connectivity index (χ2v) is 9.79. The number of nitrogen functional groups attached to an aromatic ring is 1. The number of ether oxygens (including phenoxy) is 1. The molecule has 1 aliphatic rings. The molecule has 1 unspecified atom stereocenters. The Morgan fingerprint density at radius 3 is 2.70 bits per heavy atom. The van der Waals surface area contributed by atoms with Gasteiger partial charge in [0.05, 0.1) is 6.10 Å². The number of benzene rings is 2. The lowest BCUT2D eigenvalue weighted by atomic mass is 9.81. The van der Waals surface area contributed by atoms with Crippen LogP contribution in [0.25, 0.3) is 16.8 Å². The summed E-state index contributed by atoms with van der Waals surface area (Å²) in [5.74, 6) is 2.33. The van der Waals surface area contributed by atoms with Crippen LogP contribution in [0.15, 0.2) is 67.0 Å². The minimum Gasteiger partial charge on any atom is -0.489 e. The third kappa shape index (κ3) is 5.59. The Balaban J connectivity index is 1.37. The zero-order valence-corrected chi connectivity index (χ0v) is 21.0. The topological polar surface area (TPSA) is 115 Å². The van der Waals surface area contributed by atoms with E-state index in [1.807, 2.05) is 65.2 Å². The molecule has 1 amide bonds. The standard InChI is InChI=1S/C29H33N5O3/c1-19(35)17-32-29(36)22-12-10-21(11-13-22)28-33-25(26-27(30)31-14-15-34(26)28)23-8-5-9-24(16-23)37-18-20-6-3-2-4-7-20/h2-9,14-16,19,21-22,35H,10-13,17-18H2,1H3,(H2,30,31)(H,32,36). The first kappa shape index (κ1) is 24.8. The van der Waals surface area contributed by atoms with Crippen LogP contribution in [0, 0.1) is 5.92 Å². The van der Waals surface area contributed by atoms with Gasteiger partial charge in [-0.2, -0.15) is 0 Å². The monoisotopic (exact) mass is 499 g/mol. The first-order valence-corrected chi connectivity index (χ1v) is 12.8. The number of fused-ring (bicyclic) bond motifs is 1. The second-order valence-electron chi connectivity index (χ2n) is 9.79. The van der Waals surface area contributed by atoms with Crippen LogP contribution in [-0.4, -0.2) is 38.0 Å². The molecule has 4 N–H and O–H groups in total. The Morgan fingerprint density at radius 2 is 1.95 bits per heavy atom. The van der Waals surface area contributed by atoms with Crippen LogP contribution in [-0.2, 0) is 11.4 Å². The molecule has 2 heterocycles. The maximum atomic E-state index is 12.5. The van der Waals surface area contributed by atoms with Crippen molar-refractivity contribution in [1.82, 2.24) is 19.7 Å². The first-order chi connectivity index (χ1) is 18.0. The number of hydrogen-bond acceptors (Lipinski definition) is 6. The number of nitrogens with two attached hydrogens (primary N) is 1. The van der Waals surface area contributed by atoms with E-state index in [2.05, 4.69) is 10.3 Å². The van der Waals surface area contributed by atoms with Gasteiger partial charge >= 0.3 is 0 Å². The molecule has 37 heavy (non-hydrogen) atoms. The molecule has 0 saturated heterocycles. The number of carbonyl (C=O) groups excluding carboxylic acids is 1. The van der Waals surface area contributed by atoms with Crippen LogP contribution in [0.4, 0.5) is 5.82 Å². The van der Waals surface area contributed by atoms with E-state index in [4.69, 9.17) is 15.5 Å². The number of imidazole rings is 1. The van der Waals surface area contributed by atoms with Crippen LogP contribution in [0.5, 0.6) is 5.75 Å². The molecular formula is C29H33N5O3. The van der Waals surface area contributed by atoms with Crippen LogP contribution < -0.4 is 15.8 Å². The molecule has 0 bridgehead atoms. The van der Waals surface area contributed by atoms with Crippen molar-refractivity contribution in [2.75, 3.05) is 12.3 Å². The summed E-state index contributed by atoms with van der Waals surface area (Å²) >= 11 is 0. The first-order valence-electron chi connectivity index (χ1n) is 12.8. The molecular weight excluding hydrogens is 466 g/mol. The largest absolute Gasteiger partial charge is 0.489 e. The maximum Gasteiger partial charge on any atom is 0.223 e. The Hall–Kier alpha value is -3.91. The van der Waals surface area contributed by atoms with Crippen molar-refractivity contribution in [1.29, 1.82) is 0 Å². The minimum absolute atomic E-state index is 0.0220. The van der Waals surface area contributed by atoms with Gasteiger partial charge in [0.1, 0.15) is 35.2 Å². The molecule has 8 nitrogen and oxygen atoms in total. The highest BCUT2D eigenvalue weighted by atomic mass is 16.5. The molecule has 5 rings (SSSR count). The van der Waals surface area contributed by atoms with Crippen molar-refractivity contribution in [2.45, 2.75) is 51.2 Å². The summed E-state index contributed by atoms with van der Waals surface area (Å²) < 4.78 is 8.10. The quantitative estimate of drug-likeness (QED) is 0.332. The van der Waals surface area contributed by atoms with Crippen molar-refractivity contribution < 1.29 is 14.6 Å². The van der Waals surface area contributed by atoms with E-state index in [-0.39, 0.29) is 24.3 Å². The fourth-order valence-corrected chi connectivity index (χ4v) is 5.06. The van der Waals surface area contributed by atoms with Crippen LogP contribution in [0.1, 0.15) is 49.9 Å². The third-order valence-corrected chi connectivity index (χ3v) is 7.00. The number of amides is 1. The smallest absolute Gasteiger partial charge is 0.223 e. The van der Waals surface area contributed by atoms with Crippen molar-refractivity contribution in [3.63, 3.8) is 0 Å². The van der Waals surface area contributed by atoms with Gasteiger partial charge in [0.25, 0.3) is 0 Å². The lowest BCUT2D eigenvalue weighted by Gasteiger charge is -2.27. The number of aliphatic hydroxyl groups excluding tert-OH is 1. The normalized spacial score (nSPS) is 18.4. The van der Waals surface area contributed by atoms with Crippen molar-refractivity contribution in [3.8, 4) is 17.0 Å². The van der Waals surface area contributed by atoms with E-state index in [9.17, 15) is 9.90 Å². The van der Waals surface area contributed by atoms with E-state index in [0.717, 1.165) is 59.6 Å². The zero-order chi connectivity index (χ0) is 25.8. The summed E-state index contributed by atoms with van der Waals surface area (Å²) in [5, 5.41) is 12.3. The van der Waals surface area contributed by atoms with Crippen molar-refractivity contribution in [3.05, 3.63) is 78.4 Å². The van der Waals surface area contributed by atoms with Gasteiger partial charge in [-0.3, -0.25) is 9.20 Å². The molecule has 4 aromatic rings. The van der Waals surface area contributed by atoms with E-state index in [1.165, 1.54) is 0 Å². The van der Waals surface area contributed by atoms with Crippen LogP contribution >= 0.6 is 0 Å².